The lowest BCUT2D eigenvalue weighted by Gasteiger charge is -2.14. The fourth-order valence-electron chi connectivity index (χ4n) is 3.39. The molecular weight excluding hydrogens is 262 g/mol. The van der Waals surface area contributed by atoms with E-state index in [1.807, 2.05) is 0 Å². The second-order valence-corrected chi connectivity index (χ2v) is 7.40. The van der Waals surface area contributed by atoms with E-state index in [-0.39, 0.29) is 0 Å². The lowest BCUT2D eigenvalue weighted by Crippen LogP contribution is -2.18. The van der Waals surface area contributed by atoms with E-state index in [0.29, 0.717) is 6.04 Å². The van der Waals surface area contributed by atoms with Gasteiger partial charge in [0.05, 0.1) is 0 Å². The van der Waals surface area contributed by atoms with Crippen molar-refractivity contribution in [2.24, 2.45) is 0 Å². The molecule has 4 rings (SSSR count). The summed E-state index contributed by atoms with van der Waals surface area (Å²) in [4.78, 5) is 0. The molecule has 0 spiro atoms. The van der Waals surface area contributed by atoms with Gasteiger partial charge in [-0.15, -0.1) is 0 Å². The molecule has 1 aliphatic heterocycles. The number of hydrogen-bond donors (Lipinski definition) is 1. The first-order valence-electron chi connectivity index (χ1n) is 7.39. The van der Waals surface area contributed by atoms with Crippen LogP contribution in [-0.4, -0.2) is 17.0 Å². The quantitative estimate of drug-likeness (QED) is 0.739. The summed E-state index contributed by atoms with van der Waals surface area (Å²) in [6.45, 7) is 2.33. The highest BCUT2D eigenvalue weighted by Gasteiger charge is 2.22. The SMILES string of the molecule is CC1CC(Nc2ccc3c(c2)Cc2ccccc2-3)CS1. The molecule has 1 N–H and O–H groups in total. The minimum Gasteiger partial charge on any atom is -0.381 e. The molecule has 0 saturated carbocycles. The number of hydrogen-bond acceptors (Lipinski definition) is 2. The van der Waals surface area contributed by atoms with Gasteiger partial charge >= 0.3 is 0 Å². The molecule has 0 radical (unpaired) electrons. The predicted octanol–water partition coefficient (Wildman–Crippen LogP) is 4.56. The first-order chi connectivity index (χ1) is 9.79. The molecule has 2 aromatic rings. The number of fused-ring (bicyclic) bond motifs is 3. The summed E-state index contributed by atoms with van der Waals surface area (Å²) in [7, 11) is 0. The highest BCUT2D eigenvalue weighted by atomic mass is 32.2. The van der Waals surface area contributed by atoms with Gasteiger partial charge in [0, 0.05) is 22.7 Å². The molecule has 1 heterocycles. The lowest BCUT2D eigenvalue weighted by atomic mass is 10.1. The molecule has 0 amide bonds. The summed E-state index contributed by atoms with van der Waals surface area (Å²) in [5, 5.41) is 4.50. The Hall–Kier alpha value is -1.41. The summed E-state index contributed by atoms with van der Waals surface area (Å²) >= 11 is 2.08. The topological polar surface area (TPSA) is 12.0 Å². The molecule has 0 aromatic heterocycles. The van der Waals surface area contributed by atoms with E-state index in [1.165, 1.54) is 40.1 Å². The van der Waals surface area contributed by atoms with Crippen LogP contribution in [0.3, 0.4) is 0 Å². The average molecular weight is 281 g/mol. The molecule has 2 aromatic carbocycles. The first-order valence-corrected chi connectivity index (χ1v) is 8.44. The van der Waals surface area contributed by atoms with Crippen molar-refractivity contribution in [1.82, 2.24) is 0 Å². The van der Waals surface area contributed by atoms with E-state index >= 15 is 0 Å². The number of benzene rings is 2. The fraction of sp³-hybridized carbons (Fsp3) is 0.333. The maximum atomic E-state index is 3.71. The standard InChI is InChI=1S/C18H19NS/c1-12-8-16(11-20-12)19-15-6-7-18-14(10-15)9-13-4-2-3-5-17(13)18/h2-7,10,12,16,19H,8-9,11H2,1H3. The van der Waals surface area contributed by atoms with Gasteiger partial charge in [-0.3, -0.25) is 0 Å². The lowest BCUT2D eigenvalue weighted by molar-refractivity contribution is 0.747. The highest BCUT2D eigenvalue weighted by Crippen LogP contribution is 2.38. The largest absolute Gasteiger partial charge is 0.381 e. The van der Waals surface area contributed by atoms with E-state index in [2.05, 4.69) is 66.5 Å². The Morgan fingerprint density at radius 3 is 2.75 bits per heavy atom. The van der Waals surface area contributed by atoms with Gasteiger partial charge in [-0.05, 0) is 47.2 Å². The molecule has 102 valence electrons. The Bertz CT molecular complexity index is 650. The van der Waals surface area contributed by atoms with Crippen LogP contribution in [0.5, 0.6) is 0 Å². The van der Waals surface area contributed by atoms with Crippen molar-refractivity contribution in [3.8, 4) is 11.1 Å². The van der Waals surface area contributed by atoms with Gasteiger partial charge in [-0.25, -0.2) is 0 Å². The van der Waals surface area contributed by atoms with Crippen molar-refractivity contribution < 1.29 is 0 Å². The van der Waals surface area contributed by atoms with E-state index in [1.54, 1.807) is 0 Å². The van der Waals surface area contributed by atoms with Gasteiger partial charge in [-0.1, -0.05) is 37.3 Å². The van der Waals surface area contributed by atoms with Crippen LogP contribution in [0.2, 0.25) is 0 Å². The van der Waals surface area contributed by atoms with Crippen LogP contribution in [0, 0.1) is 0 Å². The van der Waals surface area contributed by atoms with Crippen LogP contribution in [0.25, 0.3) is 11.1 Å². The number of rotatable bonds is 2. The molecule has 2 aliphatic rings. The molecule has 2 atom stereocenters. The van der Waals surface area contributed by atoms with Crippen LogP contribution in [0.15, 0.2) is 42.5 Å². The summed E-state index contributed by atoms with van der Waals surface area (Å²) < 4.78 is 0. The van der Waals surface area contributed by atoms with Crippen LogP contribution < -0.4 is 5.32 Å². The highest BCUT2D eigenvalue weighted by molar-refractivity contribution is 8.00. The molecule has 20 heavy (non-hydrogen) atoms. The van der Waals surface area contributed by atoms with Crippen LogP contribution in [-0.2, 0) is 6.42 Å². The van der Waals surface area contributed by atoms with Crippen molar-refractivity contribution in [2.45, 2.75) is 31.1 Å². The molecular formula is C18H19NS. The Kier molecular flexibility index (Phi) is 2.99. The van der Waals surface area contributed by atoms with E-state index in [0.717, 1.165) is 11.7 Å². The second kappa shape index (κ2) is 4.85. The van der Waals surface area contributed by atoms with Crippen molar-refractivity contribution in [3.05, 3.63) is 53.6 Å². The van der Waals surface area contributed by atoms with Crippen LogP contribution in [0.4, 0.5) is 5.69 Å². The zero-order chi connectivity index (χ0) is 13.5. The Labute approximate surface area is 124 Å². The second-order valence-electron chi connectivity index (χ2n) is 5.93. The summed E-state index contributed by atoms with van der Waals surface area (Å²) in [6, 6.07) is 16.3. The number of nitrogens with one attached hydrogen (secondary N) is 1. The summed E-state index contributed by atoms with van der Waals surface area (Å²) in [5.41, 5.74) is 7.05. The van der Waals surface area contributed by atoms with Crippen molar-refractivity contribution >= 4 is 17.4 Å². The smallest absolute Gasteiger partial charge is 0.0362 e. The van der Waals surface area contributed by atoms with Gasteiger partial charge in [0.15, 0.2) is 0 Å². The van der Waals surface area contributed by atoms with Gasteiger partial charge in [-0.2, -0.15) is 11.8 Å². The minimum atomic E-state index is 0.636. The maximum absolute atomic E-state index is 3.71. The maximum Gasteiger partial charge on any atom is 0.0362 e. The Morgan fingerprint density at radius 1 is 1.05 bits per heavy atom. The van der Waals surface area contributed by atoms with Crippen LogP contribution >= 0.6 is 11.8 Å². The van der Waals surface area contributed by atoms with E-state index in [9.17, 15) is 0 Å². The van der Waals surface area contributed by atoms with Gasteiger partial charge < -0.3 is 5.32 Å². The molecule has 1 nitrogen and oxygen atoms in total. The van der Waals surface area contributed by atoms with Crippen molar-refractivity contribution in [2.75, 3.05) is 11.1 Å². The molecule has 1 aliphatic carbocycles. The Balaban J connectivity index is 1.59. The van der Waals surface area contributed by atoms with E-state index in [4.69, 9.17) is 0 Å². The van der Waals surface area contributed by atoms with Gasteiger partial charge in [0.2, 0.25) is 0 Å². The predicted molar refractivity (Wildman–Crippen MR) is 88.6 cm³/mol. The Morgan fingerprint density at radius 2 is 1.90 bits per heavy atom. The average Bonchev–Trinajstić information content (AvgIpc) is 3.01. The number of anilines is 1. The van der Waals surface area contributed by atoms with Gasteiger partial charge in [0.1, 0.15) is 0 Å². The zero-order valence-corrected chi connectivity index (χ0v) is 12.5. The van der Waals surface area contributed by atoms with Gasteiger partial charge in [0.25, 0.3) is 0 Å². The van der Waals surface area contributed by atoms with E-state index < -0.39 is 0 Å². The third-order valence-corrected chi connectivity index (χ3v) is 5.72. The van der Waals surface area contributed by atoms with Crippen molar-refractivity contribution in [3.63, 3.8) is 0 Å². The summed E-state index contributed by atoms with van der Waals surface area (Å²) in [6.07, 6.45) is 2.36. The third kappa shape index (κ3) is 2.12. The zero-order valence-electron chi connectivity index (χ0n) is 11.7. The molecule has 2 unspecified atom stereocenters. The molecule has 2 heteroatoms. The van der Waals surface area contributed by atoms with Crippen LogP contribution in [0.1, 0.15) is 24.5 Å². The first kappa shape index (κ1) is 12.3. The normalized spacial score (nSPS) is 23.4. The molecule has 1 saturated heterocycles. The monoisotopic (exact) mass is 281 g/mol. The fourth-order valence-corrected chi connectivity index (χ4v) is 4.54. The third-order valence-electron chi connectivity index (χ3n) is 4.36. The number of thioether (sulfide) groups is 1. The minimum absolute atomic E-state index is 0.636. The van der Waals surface area contributed by atoms with Crippen molar-refractivity contribution in [1.29, 1.82) is 0 Å². The summed E-state index contributed by atoms with van der Waals surface area (Å²) in [5.74, 6) is 1.23. The molecule has 0 bridgehead atoms. The molecule has 1 fully saturated rings.